The zero-order valence-electron chi connectivity index (χ0n) is 15.7. The Morgan fingerprint density at radius 1 is 0.966 bits per heavy atom. The van der Waals surface area contributed by atoms with Crippen LogP contribution in [0.3, 0.4) is 0 Å². The minimum absolute atomic E-state index is 0.117. The van der Waals surface area contributed by atoms with Gasteiger partial charge < -0.3 is 5.32 Å². The van der Waals surface area contributed by atoms with Gasteiger partial charge in [0.25, 0.3) is 0 Å². The number of amides is 1. The summed E-state index contributed by atoms with van der Waals surface area (Å²) in [5.74, 6) is 0.539. The van der Waals surface area contributed by atoms with Gasteiger partial charge in [-0.25, -0.2) is 0 Å². The van der Waals surface area contributed by atoms with Crippen LogP contribution in [0.25, 0.3) is 11.4 Å². The number of nitrogens with one attached hydrogen (secondary N) is 1. The number of thioether (sulfide) groups is 1. The number of para-hydroxylation sites is 1. The van der Waals surface area contributed by atoms with Crippen LogP contribution in [-0.4, -0.2) is 46.3 Å². The van der Waals surface area contributed by atoms with E-state index in [0.717, 1.165) is 11.4 Å². The predicted molar refractivity (Wildman–Crippen MR) is 107 cm³/mol. The summed E-state index contributed by atoms with van der Waals surface area (Å²) in [4.78, 5) is 11.3. The maximum Gasteiger partial charge on any atom is 0.221 e. The van der Waals surface area contributed by atoms with Gasteiger partial charge in [0.1, 0.15) is 0 Å². The number of nitrogens with zero attached hydrogens (tertiary/aromatic N) is 8. The summed E-state index contributed by atoms with van der Waals surface area (Å²) in [6.45, 7) is 3.45. The molecule has 1 unspecified atom stereocenters. The Bertz CT molecular complexity index is 1130. The third kappa shape index (κ3) is 4.14. The van der Waals surface area contributed by atoms with Crippen molar-refractivity contribution in [3.63, 3.8) is 0 Å². The lowest BCUT2D eigenvalue weighted by Crippen LogP contribution is -2.08. The average molecular weight is 407 g/mol. The van der Waals surface area contributed by atoms with Gasteiger partial charge in [0.2, 0.25) is 11.1 Å². The van der Waals surface area contributed by atoms with Crippen LogP contribution in [0.4, 0.5) is 5.69 Å². The van der Waals surface area contributed by atoms with Crippen LogP contribution in [0.2, 0.25) is 0 Å². The van der Waals surface area contributed by atoms with Crippen molar-refractivity contribution in [1.82, 2.24) is 40.4 Å². The van der Waals surface area contributed by atoms with Crippen molar-refractivity contribution in [2.24, 2.45) is 0 Å². The molecule has 0 fully saturated rings. The van der Waals surface area contributed by atoms with E-state index in [9.17, 15) is 4.79 Å². The monoisotopic (exact) mass is 407 g/mol. The highest BCUT2D eigenvalue weighted by atomic mass is 32.2. The number of anilines is 1. The molecule has 4 aromatic rings. The molecule has 1 atom stereocenters. The fourth-order valence-corrected chi connectivity index (χ4v) is 3.64. The zero-order chi connectivity index (χ0) is 20.2. The number of carbonyl (C=O) groups excluding carboxylic acids is 1. The molecule has 0 radical (unpaired) electrons. The Kier molecular flexibility index (Phi) is 5.29. The molecule has 29 heavy (non-hydrogen) atoms. The summed E-state index contributed by atoms with van der Waals surface area (Å²) in [5.41, 5.74) is 2.28. The average Bonchev–Trinajstić information content (AvgIpc) is 3.38. The van der Waals surface area contributed by atoms with Crippen molar-refractivity contribution in [3.8, 4) is 11.4 Å². The van der Waals surface area contributed by atoms with Gasteiger partial charge in [0, 0.05) is 12.6 Å². The van der Waals surface area contributed by atoms with E-state index < -0.39 is 0 Å². The van der Waals surface area contributed by atoms with E-state index >= 15 is 0 Å². The first-order valence-electron chi connectivity index (χ1n) is 8.78. The first kappa shape index (κ1) is 18.7. The van der Waals surface area contributed by atoms with Crippen LogP contribution in [0, 0.1) is 0 Å². The highest BCUT2D eigenvalue weighted by Crippen LogP contribution is 2.33. The van der Waals surface area contributed by atoms with Crippen molar-refractivity contribution in [1.29, 1.82) is 0 Å². The Labute approximate surface area is 170 Å². The second-order valence-corrected chi connectivity index (χ2v) is 7.46. The molecule has 10 nitrogen and oxygen atoms in total. The van der Waals surface area contributed by atoms with Crippen LogP contribution < -0.4 is 5.32 Å². The molecular formula is C18H17N9OS. The molecule has 146 valence electrons. The van der Waals surface area contributed by atoms with E-state index in [2.05, 4.69) is 36.4 Å². The Hall–Kier alpha value is -3.60. The topological polar surface area (TPSA) is 116 Å². The normalized spacial score (nSPS) is 11.9. The SMILES string of the molecule is CC(=O)Nc1cccc(-n2nnnc2SC(C)c2nnnn2-c2ccccc2)c1. The number of hydrogen-bond donors (Lipinski definition) is 1. The molecule has 2 heterocycles. The van der Waals surface area contributed by atoms with E-state index in [1.807, 2.05) is 49.4 Å². The number of rotatable bonds is 6. The molecule has 0 aliphatic carbocycles. The fourth-order valence-electron chi connectivity index (χ4n) is 2.74. The standard InChI is InChI=1S/C18H17N9OS/c1-12(17-20-22-24-26(17)15-8-4-3-5-9-15)29-18-21-23-25-27(18)16-10-6-7-14(11-16)19-13(2)28/h3-12H,1-2H3,(H,19,28). The summed E-state index contributed by atoms with van der Waals surface area (Å²) >= 11 is 1.43. The van der Waals surface area contributed by atoms with Gasteiger partial charge in [-0.05, 0) is 58.1 Å². The number of tetrazole rings is 2. The molecule has 0 aliphatic heterocycles. The van der Waals surface area contributed by atoms with Crippen molar-refractivity contribution >= 4 is 23.4 Å². The largest absolute Gasteiger partial charge is 0.326 e. The fraction of sp³-hybridized carbons (Fsp3) is 0.167. The third-order valence-electron chi connectivity index (χ3n) is 3.99. The molecule has 0 saturated heterocycles. The Balaban J connectivity index is 1.59. The highest BCUT2D eigenvalue weighted by Gasteiger charge is 2.21. The first-order chi connectivity index (χ1) is 14.1. The molecule has 0 spiro atoms. The van der Waals surface area contributed by atoms with Crippen molar-refractivity contribution in [3.05, 3.63) is 60.4 Å². The quantitative estimate of drug-likeness (QED) is 0.485. The van der Waals surface area contributed by atoms with Crippen molar-refractivity contribution in [2.75, 3.05) is 5.32 Å². The van der Waals surface area contributed by atoms with E-state index in [0.29, 0.717) is 16.7 Å². The highest BCUT2D eigenvalue weighted by molar-refractivity contribution is 7.99. The summed E-state index contributed by atoms with van der Waals surface area (Å²) in [5, 5.41) is 27.3. The van der Waals surface area contributed by atoms with Crippen LogP contribution in [0.1, 0.15) is 24.9 Å². The smallest absolute Gasteiger partial charge is 0.221 e. The summed E-state index contributed by atoms with van der Waals surface area (Å²) in [6, 6.07) is 17.0. The third-order valence-corrected chi connectivity index (χ3v) is 5.02. The molecule has 11 heteroatoms. The molecule has 0 saturated carbocycles. The molecule has 2 aromatic heterocycles. The van der Waals surface area contributed by atoms with Gasteiger partial charge in [-0.1, -0.05) is 36.0 Å². The maximum atomic E-state index is 11.3. The van der Waals surface area contributed by atoms with E-state index in [-0.39, 0.29) is 11.2 Å². The lowest BCUT2D eigenvalue weighted by molar-refractivity contribution is -0.114. The maximum absolute atomic E-state index is 11.3. The number of aromatic nitrogens is 8. The molecule has 2 aromatic carbocycles. The summed E-state index contributed by atoms with van der Waals surface area (Å²) in [7, 11) is 0. The van der Waals surface area contributed by atoms with Gasteiger partial charge in [0.15, 0.2) is 5.82 Å². The van der Waals surface area contributed by atoms with E-state index in [1.165, 1.54) is 18.7 Å². The van der Waals surface area contributed by atoms with Crippen LogP contribution in [0.15, 0.2) is 59.8 Å². The second-order valence-electron chi connectivity index (χ2n) is 6.15. The van der Waals surface area contributed by atoms with Gasteiger partial charge in [-0.3, -0.25) is 4.79 Å². The number of hydrogen-bond acceptors (Lipinski definition) is 8. The second kappa shape index (κ2) is 8.19. The van der Waals surface area contributed by atoms with Crippen molar-refractivity contribution in [2.45, 2.75) is 24.3 Å². The molecular weight excluding hydrogens is 390 g/mol. The molecule has 4 rings (SSSR count). The van der Waals surface area contributed by atoms with Gasteiger partial charge >= 0.3 is 0 Å². The summed E-state index contributed by atoms with van der Waals surface area (Å²) < 4.78 is 3.31. The zero-order valence-corrected chi connectivity index (χ0v) is 16.5. The van der Waals surface area contributed by atoms with Gasteiger partial charge in [-0.2, -0.15) is 9.36 Å². The minimum Gasteiger partial charge on any atom is -0.326 e. The van der Waals surface area contributed by atoms with Gasteiger partial charge in [-0.15, -0.1) is 10.2 Å². The number of benzene rings is 2. The van der Waals surface area contributed by atoms with Crippen molar-refractivity contribution < 1.29 is 4.79 Å². The molecule has 0 bridgehead atoms. The Morgan fingerprint density at radius 3 is 2.48 bits per heavy atom. The van der Waals surface area contributed by atoms with Gasteiger partial charge in [0.05, 0.1) is 16.6 Å². The van der Waals surface area contributed by atoms with Crippen LogP contribution in [0.5, 0.6) is 0 Å². The van der Waals surface area contributed by atoms with E-state index in [1.54, 1.807) is 21.5 Å². The lowest BCUT2D eigenvalue weighted by Gasteiger charge is -2.11. The lowest BCUT2D eigenvalue weighted by atomic mass is 10.3. The minimum atomic E-state index is -0.144. The van der Waals surface area contributed by atoms with Crippen LogP contribution >= 0.6 is 11.8 Å². The molecule has 1 amide bonds. The number of carbonyl (C=O) groups is 1. The predicted octanol–water partition coefficient (Wildman–Crippen LogP) is 2.45. The first-order valence-corrected chi connectivity index (χ1v) is 9.66. The Morgan fingerprint density at radius 2 is 1.69 bits per heavy atom. The summed E-state index contributed by atoms with van der Waals surface area (Å²) in [6.07, 6.45) is 0. The van der Waals surface area contributed by atoms with E-state index in [4.69, 9.17) is 0 Å². The molecule has 0 aliphatic rings. The van der Waals surface area contributed by atoms with Crippen LogP contribution in [-0.2, 0) is 4.79 Å². The molecule has 1 N–H and O–H groups in total.